The van der Waals surface area contributed by atoms with Gasteiger partial charge in [-0.1, -0.05) is 66.7 Å². The van der Waals surface area contributed by atoms with E-state index >= 15 is 0 Å². The van der Waals surface area contributed by atoms with Crippen LogP contribution in [0.1, 0.15) is 0 Å². The third-order valence-corrected chi connectivity index (χ3v) is 6.19. The lowest BCUT2D eigenvalue weighted by Gasteiger charge is -2.10. The molecule has 4 aromatic carbocycles. The van der Waals surface area contributed by atoms with Gasteiger partial charge in [0.25, 0.3) is 0 Å². The van der Waals surface area contributed by atoms with Gasteiger partial charge in [0.2, 0.25) is 0 Å². The van der Waals surface area contributed by atoms with Crippen LogP contribution in [0, 0.1) is 0 Å². The number of nitrogens with zero attached hydrogens (tertiary/aromatic N) is 1. The molecule has 0 bridgehead atoms. The highest BCUT2D eigenvalue weighted by atomic mass is 32.1. The Morgan fingerprint density at radius 3 is 1.92 bits per heavy atom. The van der Waals surface area contributed by atoms with Crippen molar-refractivity contribution < 1.29 is 0 Å². The second kappa shape index (κ2) is 4.78. The molecule has 25 heavy (non-hydrogen) atoms. The number of aromatic nitrogens is 1. The molecule has 2 heterocycles. The molecule has 0 N–H and O–H groups in total. The zero-order chi connectivity index (χ0) is 16.4. The largest absolute Gasteiger partial charge is 0.254 e. The van der Waals surface area contributed by atoms with E-state index in [1.807, 2.05) is 17.5 Å². The van der Waals surface area contributed by atoms with E-state index in [4.69, 9.17) is 4.98 Å². The average Bonchev–Trinajstić information content (AvgIpc) is 3.06. The van der Waals surface area contributed by atoms with E-state index in [0.29, 0.717) is 0 Å². The summed E-state index contributed by atoms with van der Waals surface area (Å²) in [7, 11) is 0. The fourth-order valence-corrected chi connectivity index (χ4v) is 5.13. The summed E-state index contributed by atoms with van der Waals surface area (Å²) in [6.07, 6.45) is 2.05. The molecule has 2 heteroatoms. The van der Waals surface area contributed by atoms with Gasteiger partial charge in [-0.25, -0.2) is 0 Å². The summed E-state index contributed by atoms with van der Waals surface area (Å²) in [5, 5.41) is 9.05. The fraction of sp³-hybridized carbons (Fsp3) is 0. The van der Waals surface area contributed by atoms with Crippen LogP contribution in [-0.2, 0) is 0 Å². The zero-order valence-corrected chi connectivity index (χ0v) is 14.2. The molecule has 0 unspecified atom stereocenters. The quantitative estimate of drug-likeness (QED) is 0.275. The van der Waals surface area contributed by atoms with Crippen molar-refractivity contribution in [2.24, 2.45) is 0 Å². The molecular formula is C23H13NS. The summed E-state index contributed by atoms with van der Waals surface area (Å²) in [6.45, 7) is 0. The molecule has 1 nitrogen and oxygen atoms in total. The minimum absolute atomic E-state index is 1.10. The Morgan fingerprint density at radius 1 is 0.520 bits per heavy atom. The summed E-state index contributed by atoms with van der Waals surface area (Å²) in [4.78, 5) is 4.89. The third-order valence-electron chi connectivity index (χ3n) is 5.09. The van der Waals surface area contributed by atoms with Crippen molar-refractivity contribution in [1.82, 2.24) is 4.98 Å². The molecule has 0 aliphatic heterocycles. The van der Waals surface area contributed by atoms with Crippen molar-refractivity contribution in [3.05, 3.63) is 79.0 Å². The van der Waals surface area contributed by atoms with Crippen molar-refractivity contribution in [1.29, 1.82) is 0 Å². The van der Waals surface area contributed by atoms with E-state index in [1.54, 1.807) is 0 Å². The Hall–Kier alpha value is -2.97. The van der Waals surface area contributed by atoms with Crippen molar-refractivity contribution in [2.45, 2.75) is 0 Å². The Balaban J connectivity index is 2.06. The summed E-state index contributed by atoms with van der Waals surface area (Å²) in [6, 6.07) is 26.0. The molecule has 0 aliphatic rings. The predicted octanol–water partition coefficient (Wildman–Crippen LogP) is 6.91. The number of pyridine rings is 1. The number of hydrogen-bond acceptors (Lipinski definition) is 2. The first-order chi connectivity index (χ1) is 12.4. The Labute approximate surface area is 148 Å². The standard InChI is InChI=1S/C23H13NS/c1-3-9-16-14(7-1)15-8-2-4-10-17(15)23-22(16)21-18-11-5-6-12-19(18)25-20(21)13-24-23/h1-13H. The van der Waals surface area contributed by atoms with Crippen LogP contribution in [0.2, 0.25) is 0 Å². The van der Waals surface area contributed by atoms with Crippen LogP contribution in [0.4, 0.5) is 0 Å². The molecule has 6 aromatic rings. The fourth-order valence-electron chi connectivity index (χ4n) is 4.05. The lowest BCUT2D eigenvalue weighted by atomic mass is 9.95. The summed E-state index contributed by atoms with van der Waals surface area (Å²) >= 11 is 1.83. The summed E-state index contributed by atoms with van der Waals surface area (Å²) in [5.74, 6) is 0. The van der Waals surface area contributed by atoms with E-state index in [-0.39, 0.29) is 0 Å². The van der Waals surface area contributed by atoms with E-state index in [2.05, 4.69) is 72.8 Å². The molecule has 116 valence electrons. The van der Waals surface area contributed by atoms with Gasteiger partial charge in [-0.15, -0.1) is 11.3 Å². The van der Waals surface area contributed by atoms with Gasteiger partial charge in [-0.05, 0) is 22.2 Å². The lowest BCUT2D eigenvalue weighted by Crippen LogP contribution is -1.86. The number of fused-ring (bicyclic) bond motifs is 10. The molecule has 0 atom stereocenters. The van der Waals surface area contributed by atoms with Crippen LogP contribution in [-0.4, -0.2) is 4.98 Å². The first-order valence-electron chi connectivity index (χ1n) is 8.41. The second-order valence-electron chi connectivity index (χ2n) is 6.41. The SMILES string of the molecule is c1ccc2c(c1)sc1cnc3c4ccccc4c4ccccc4c3c12. The topological polar surface area (TPSA) is 12.9 Å². The Kier molecular flexibility index (Phi) is 2.55. The van der Waals surface area contributed by atoms with Crippen LogP contribution in [0.15, 0.2) is 79.0 Å². The van der Waals surface area contributed by atoms with E-state index < -0.39 is 0 Å². The maximum absolute atomic E-state index is 4.89. The Bertz CT molecular complexity index is 1410. The van der Waals surface area contributed by atoms with Crippen LogP contribution in [0.5, 0.6) is 0 Å². The predicted molar refractivity (Wildman–Crippen MR) is 110 cm³/mol. The molecule has 0 aliphatic carbocycles. The maximum Gasteiger partial charge on any atom is 0.0794 e. The summed E-state index contributed by atoms with van der Waals surface area (Å²) in [5.41, 5.74) is 1.10. The van der Waals surface area contributed by atoms with Crippen LogP contribution in [0.25, 0.3) is 52.6 Å². The molecule has 0 radical (unpaired) electrons. The smallest absolute Gasteiger partial charge is 0.0794 e. The van der Waals surface area contributed by atoms with Gasteiger partial charge in [0, 0.05) is 32.4 Å². The second-order valence-corrected chi connectivity index (χ2v) is 7.49. The van der Waals surface area contributed by atoms with Gasteiger partial charge in [-0.2, -0.15) is 0 Å². The van der Waals surface area contributed by atoms with Gasteiger partial charge in [0.1, 0.15) is 0 Å². The van der Waals surface area contributed by atoms with Gasteiger partial charge in [-0.3, -0.25) is 4.98 Å². The third kappa shape index (κ3) is 1.70. The number of rotatable bonds is 0. The molecule has 0 spiro atoms. The Morgan fingerprint density at radius 2 is 1.12 bits per heavy atom. The van der Waals surface area contributed by atoms with Crippen LogP contribution in [0.3, 0.4) is 0 Å². The van der Waals surface area contributed by atoms with Gasteiger partial charge in [0.05, 0.1) is 10.2 Å². The minimum Gasteiger partial charge on any atom is -0.254 e. The van der Waals surface area contributed by atoms with Crippen molar-refractivity contribution in [3.63, 3.8) is 0 Å². The highest BCUT2D eigenvalue weighted by molar-refractivity contribution is 7.26. The van der Waals surface area contributed by atoms with Crippen molar-refractivity contribution in [2.75, 3.05) is 0 Å². The van der Waals surface area contributed by atoms with Crippen molar-refractivity contribution in [3.8, 4) is 0 Å². The zero-order valence-electron chi connectivity index (χ0n) is 13.4. The molecule has 0 fully saturated rings. The molecule has 0 saturated heterocycles. The minimum atomic E-state index is 1.10. The van der Waals surface area contributed by atoms with Gasteiger partial charge in [0.15, 0.2) is 0 Å². The highest BCUT2D eigenvalue weighted by Gasteiger charge is 2.15. The number of benzene rings is 4. The normalized spacial score (nSPS) is 12.0. The molecule has 0 amide bonds. The molecular weight excluding hydrogens is 322 g/mol. The monoisotopic (exact) mass is 335 g/mol. The van der Waals surface area contributed by atoms with Crippen molar-refractivity contribution >= 4 is 64.0 Å². The first-order valence-corrected chi connectivity index (χ1v) is 9.23. The molecule has 2 aromatic heterocycles. The van der Waals surface area contributed by atoms with E-state index in [1.165, 1.54) is 47.1 Å². The highest BCUT2D eigenvalue weighted by Crippen LogP contribution is 2.42. The van der Waals surface area contributed by atoms with E-state index in [9.17, 15) is 0 Å². The number of thiophene rings is 1. The van der Waals surface area contributed by atoms with Gasteiger partial charge >= 0.3 is 0 Å². The summed E-state index contributed by atoms with van der Waals surface area (Å²) < 4.78 is 2.58. The maximum atomic E-state index is 4.89. The van der Waals surface area contributed by atoms with Crippen LogP contribution < -0.4 is 0 Å². The lowest BCUT2D eigenvalue weighted by molar-refractivity contribution is 1.48. The average molecular weight is 335 g/mol. The number of hydrogen-bond donors (Lipinski definition) is 0. The molecule has 0 saturated carbocycles. The van der Waals surface area contributed by atoms with E-state index in [0.717, 1.165) is 5.52 Å². The molecule has 6 rings (SSSR count). The van der Waals surface area contributed by atoms with Gasteiger partial charge < -0.3 is 0 Å². The van der Waals surface area contributed by atoms with Crippen LogP contribution >= 0.6 is 11.3 Å². The first kappa shape index (κ1) is 13.3.